The molecule has 1 fully saturated rings. The van der Waals surface area contributed by atoms with Gasteiger partial charge in [-0.2, -0.15) is 0 Å². The summed E-state index contributed by atoms with van der Waals surface area (Å²) >= 11 is 21.5. The van der Waals surface area contributed by atoms with Gasteiger partial charge in [0.25, 0.3) is 0 Å². The Morgan fingerprint density at radius 2 is 1.76 bits per heavy atom. The SMILES string of the molecule is O=S(=O)(NCC1CCCCC1Cl)c1c(Cl)cc(Br)cc1Cl. The van der Waals surface area contributed by atoms with E-state index in [0.717, 1.165) is 25.7 Å². The number of hydrogen-bond acceptors (Lipinski definition) is 2. The molecule has 118 valence electrons. The Bertz CT molecular complexity index is 601. The summed E-state index contributed by atoms with van der Waals surface area (Å²) in [5, 5.41) is 0.193. The van der Waals surface area contributed by atoms with Crippen LogP contribution in [0, 0.1) is 5.92 Å². The highest BCUT2D eigenvalue weighted by Crippen LogP contribution is 2.33. The molecule has 0 heterocycles. The van der Waals surface area contributed by atoms with Gasteiger partial charge in [0.2, 0.25) is 10.0 Å². The average Bonchev–Trinajstić information content (AvgIpc) is 2.36. The van der Waals surface area contributed by atoms with Crippen LogP contribution in [-0.2, 0) is 10.0 Å². The maximum Gasteiger partial charge on any atom is 0.243 e. The van der Waals surface area contributed by atoms with Crippen molar-refractivity contribution < 1.29 is 8.42 Å². The Labute approximate surface area is 148 Å². The summed E-state index contributed by atoms with van der Waals surface area (Å²) in [5.74, 6) is 0.142. The van der Waals surface area contributed by atoms with Crippen molar-refractivity contribution in [2.24, 2.45) is 5.92 Å². The average molecular weight is 436 g/mol. The third-order valence-corrected chi connectivity index (χ3v) is 6.96. The van der Waals surface area contributed by atoms with E-state index >= 15 is 0 Å². The second kappa shape index (κ2) is 7.37. The third-order valence-electron chi connectivity index (χ3n) is 3.58. The van der Waals surface area contributed by atoms with E-state index in [1.165, 1.54) is 12.1 Å². The van der Waals surface area contributed by atoms with Crippen LogP contribution in [0.3, 0.4) is 0 Å². The summed E-state index contributed by atoms with van der Waals surface area (Å²) in [4.78, 5) is -0.0871. The standard InChI is InChI=1S/C13H15BrCl3NO2S/c14-9-5-11(16)13(12(17)6-9)21(19,20)18-7-8-3-1-2-4-10(8)15/h5-6,8,10,18H,1-4,7H2. The number of halogens is 4. The predicted molar refractivity (Wildman–Crippen MR) is 90.9 cm³/mol. The largest absolute Gasteiger partial charge is 0.243 e. The number of rotatable bonds is 4. The minimum Gasteiger partial charge on any atom is -0.211 e. The van der Waals surface area contributed by atoms with Gasteiger partial charge in [0.15, 0.2) is 0 Å². The van der Waals surface area contributed by atoms with E-state index in [-0.39, 0.29) is 26.2 Å². The molecule has 0 aliphatic heterocycles. The molecule has 0 amide bonds. The summed E-state index contributed by atoms with van der Waals surface area (Å²) in [6.45, 7) is 0.305. The minimum atomic E-state index is -3.75. The molecule has 1 saturated carbocycles. The molecule has 0 spiro atoms. The molecule has 1 aliphatic carbocycles. The maximum atomic E-state index is 12.4. The van der Waals surface area contributed by atoms with E-state index in [0.29, 0.717) is 11.0 Å². The lowest BCUT2D eigenvalue weighted by molar-refractivity contribution is 0.364. The first kappa shape index (κ1) is 17.8. The van der Waals surface area contributed by atoms with Crippen molar-refractivity contribution in [1.29, 1.82) is 0 Å². The molecule has 1 aliphatic rings. The quantitative estimate of drug-likeness (QED) is 0.689. The van der Waals surface area contributed by atoms with Gasteiger partial charge in [-0.15, -0.1) is 11.6 Å². The van der Waals surface area contributed by atoms with Gasteiger partial charge in [-0.1, -0.05) is 52.0 Å². The number of alkyl halides is 1. The lowest BCUT2D eigenvalue weighted by Crippen LogP contribution is -2.35. The Hall–Kier alpha value is 0.480. The van der Waals surface area contributed by atoms with Crippen molar-refractivity contribution in [3.63, 3.8) is 0 Å². The first-order chi connectivity index (χ1) is 9.81. The van der Waals surface area contributed by atoms with Gasteiger partial charge in [-0.25, -0.2) is 13.1 Å². The second-order valence-corrected chi connectivity index (χ2v) is 9.11. The fourth-order valence-corrected chi connectivity index (χ4v) is 5.86. The van der Waals surface area contributed by atoms with E-state index < -0.39 is 10.0 Å². The highest BCUT2D eigenvalue weighted by atomic mass is 79.9. The highest BCUT2D eigenvalue weighted by Gasteiger charge is 2.27. The molecule has 1 N–H and O–H groups in total. The zero-order chi connectivity index (χ0) is 15.6. The van der Waals surface area contributed by atoms with Gasteiger partial charge < -0.3 is 0 Å². The molecule has 0 bridgehead atoms. The van der Waals surface area contributed by atoms with Crippen molar-refractivity contribution in [1.82, 2.24) is 4.72 Å². The first-order valence-electron chi connectivity index (χ1n) is 6.59. The van der Waals surface area contributed by atoms with E-state index in [2.05, 4.69) is 20.7 Å². The van der Waals surface area contributed by atoms with Crippen LogP contribution in [0.4, 0.5) is 0 Å². The van der Waals surface area contributed by atoms with Crippen molar-refractivity contribution in [3.8, 4) is 0 Å². The summed E-state index contributed by atoms with van der Waals surface area (Å²) in [6, 6.07) is 3.01. The Morgan fingerprint density at radius 1 is 1.19 bits per heavy atom. The first-order valence-corrected chi connectivity index (χ1v) is 10.1. The van der Waals surface area contributed by atoms with E-state index in [9.17, 15) is 8.42 Å². The van der Waals surface area contributed by atoms with Crippen LogP contribution < -0.4 is 4.72 Å². The second-order valence-electron chi connectivity index (χ2n) is 5.11. The van der Waals surface area contributed by atoms with E-state index in [1.54, 1.807) is 0 Å². The number of sulfonamides is 1. The fourth-order valence-electron chi connectivity index (χ4n) is 2.47. The number of nitrogens with one attached hydrogen (secondary N) is 1. The van der Waals surface area contributed by atoms with Crippen LogP contribution in [-0.4, -0.2) is 20.3 Å². The van der Waals surface area contributed by atoms with Crippen molar-refractivity contribution in [2.45, 2.75) is 36.0 Å². The Morgan fingerprint density at radius 3 is 2.33 bits per heavy atom. The summed E-state index contributed by atoms with van der Waals surface area (Å²) in [6.07, 6.45) is 4.03. The molecule has 0 aromatic heterocycles. The van der Waals surface area contributed by atoms with E-state index in [1.807, 2.05) is 0 Å². The summed E-state index contributed by atoms with van der Waals surface area (Å²) in [5.41, 5.74) is 0. The van der Waals surface area contributed by atoms with Gasteiger partial charge in [0, 0.05) is 16.4 Å². The van der Waals surface area contributed by atoms with Crippen LogP contribution in [0.25, 0.3) is 0 Å². The number of benzene rings is 1. The Balaban J connectivity index is 2.15. The van der Waals surface area contributed by atoms with Crippen LogP contribution in [0.15, 0.2) is 21.5 Å². The third kappa shape index (κ3) is 4.49. The molecule has 21 heavy (non-hydrogen) atoms. The maximum absolute atomic E-state index is 12.4. The van der Waals surface area contributed by atoms with Crippen LogP contribution in [0.2, 0.25) is 10.0 Å². The summed E-state index contributed by atoms with van der Waals surface area (Å²) < 4.78 is 28.0. The normalized spacial score (nSPS) is 23.2. The summed E-state index contributed by atoms with van der Waals surface area (Å²) in [7, 11) is -3.75. The van der Waals surface area contributed by atoms with Gasteiger partial charge in [-0.05, 0) is 30.9 Å². The number of hydrogen-bond donors (Lipinski definition) is 1. The zero-order valence-corrected chi connectivity index (χ0v) is 15.8. The lowest BCUT2D eigenvalue weighted by Gasteiger charge is -2.27. The molecule has 2 unspecified atom stereocenters. The smallest absolute Gasteiger partial charge is 0.211 e. The zero-order valence-electron chi connectivity index (χ0n) is 11.1. The van der Waals surface area contributed by atoms with Gasteiger partial charge >= 0.3 is 0 Å². The molecule has 8 heteroatoms. The molecule has 0 radical (unpaired) electrons. The van der Waals surface area contributed by atoms with Gasteiger partial charge in [-0.3, -0.25) is 0 Å². The molecule has 1 aromatic rings. The van der Waals surface area contributed by atoms with Crippen LogP contribution in [0.1, 0.15) is 25.7 Å². The molecular formula is C13H15BrCl3NO2S. The monoisotopic (exact) mass is 433 g/mol. The highest BCUT2D eigenvalue weighted by molar-refractivity contribution is 9.10. The Kier molecular flexibility index (Phi) is 6.25. The van der Waals surface area contributed by atoms with Gasteiger partial charge in [0.1, 0.15) is 4.90 Å². The molecule has 2 rings (SSSR count). The molecule has 3 nitrogen and oxygen atoms in total. The molecule has 0 saturated heterocycles. The minimum absolute atomic E-state index is 0.0114. The predicted octanol–water partition coefficient (Wildman–Crippen LogP) is 4.83. The molecule has 2 atom stereocenters. The lowest BCUT2D eigenvalue weighted by atomic mass is 9.89. The fraction of sp³-hybridized carbons (Fsp3) is 0.538. The molecule has 1 aromatic carbocycles. The topological polar surface area (TPSA) is 46.2 Å². The van der Waals surface area contributed by atoms with Gasteiger partial charge in [0.05, 0.1) is 10.0 Å². The van der Waals surface area contributed by atoms with Crippen molar-refractivity contribution in [2.75, 3.05) is 6.54 Å². The van der Waals surface area contributed by atoms with Crippen molar-refractivity contribution in [3.05, 3.63) is 26.7 Å². The van der Waals surface area contributed by atoms with Crippen LogP contribution in [0.5, 0.6) is 0 Å². The van der Waals surface area contributed by atoms with E-state index in [4.69, 9.17) is 34.8 Å². The van der Waals surface area contributed by atoms with Crippen molar-refractivity contribution >= 4 is 60.8 Å². The van der Waals surface area contributed by atoms with Crippen LogP contribution >= 0.6 is 50.7 Å². The molecular weight excluding hydrogens is 420 g/mol.